The van der Waals surface area contributed by atoms with Crippen molar-refractivity contribution in [2.24, 2.45) is 0 Å². The Hall–Kier alpha value is -1.55. The highest BCUT2D eigenvalue weighted by Crippen LogP contribution is 2.08. The van der Waals surface area contributed by atoms with E-state index in [1.807, 2.05) is 24.3 Å². The molecule has 1 saturated heterocycles. The normalized spacial score (nSPS) is 19.6. The molecule has 86 valence electrons. The number of ether oxygens (including phenoxy) is 1. The maximum atomic E-state index is 11.7. The number of carbonyl (C=O) groups excluding carboxylic acids is 1. The van der Waals surface area contributed by atoms with Crippen LogP contribution in [0.3, 0.4) is 0 Å². The molecule has 1 atom stereocenters. The third-order valence-electron chi connectivity index (χ3n) is 2.61. The Labute approximate surface area is 94.8 Å². The Kier molecular flexibility index (Phi) is 3.41. The molecule has 0 saturated carbocycles. The molecule has 1 fully saturated rings. The van der Waals surface area contributed by atoms with Crippen molar-refractivity contribution in [3.05, 3.63) is 29.8 Å². The van der Waals surface area contributed by atoms with Crippen molar-refractivity contribution in [3.63, 3.8) is 0 Å². The van der Waals surface area contributed by atoms with Gasteiger partial charge >= 0.3 is 0 Å². The maximum absolute atomic E-state index is 11.7. The predicted molar refractivity (Wildman–Crippen MR) is 61.9 cm³/mol. The fourth-order valence-electron chi connectivity index (χ4n) is 1.82. The van der Waals surface area contributed by atoms with Crippen LogP contribution in [0.1, 0.15) is 12.0 Å². The second-order valence-corrected chi connectivity index (χ2v) is 4.05. The monoisotopic (exact) mass is 220 g/mol. The highest BCUT2D eigenvalue weighted by Gasteiger charge is 2.17. The number of carbonyl (C=O) groups is 1. The minimum Gasteiger partial charge on any atom is -0.399 e. The van der Waals surface area contributed by atoms with Crippen LogP contribution in [-0.4, -0.2) is 25.2 Å². The van der Waals surface area contributed by atoms with Gasteiger partial charge in [0.1, 0.15) is 0 Å². The van der Waals surface area contributed by atoms with Crippen molar-refractivity contribution in [1.82, 2.24) is 5.32 Å². The summed E-state index contributed by atoms with van der Waals surface area (Å²) >= 11 is 0. The molecule has 1 unspecified atom stereocenters. The van der Waals surface area contributed by atoms with Crippen molar-refractivity contribution in [1.29, 1.82) is 0 Å². The van der Waals surface area contributed by atoms with E-state index in [4.69, 9.17) is 10.5 Å². The zero-order chi connectivity index (χ0) is 11.4. The van der Waals surface area contributed by atoms with E-state index >= 15 is 0 Å². The van der Waals surface area contributed by atoms with Crippen LogP contribution < -0.4 is 11.1 Å². The Morgan fingerprint density at radius 1 is 1.56 bits per heavy atom. The van der Waals surface area contributed by atoms with Gasteiger partial charge < -0.3 is 15.8 Å². The van der Waals surface area contributed by atoms with Crippen LogP contribution in [-0.2, 0) is 16.0 Å². The minimum atomic E-state index is 0.0288. The molecule has 0 bridgehead atoms. The van der Waals surface area contributed by atoms with E-state index in [-0.39, 0.29) is 11.9 Å². The van der Waals surface area contributed by atoms with Crippen LogP contribution in [0.25, 0.3) is 0 Å². The van der Waals surface area contributed by atoms with Gasteiger partial charge in [-0.05, 0) is 24.1 Å². The Bertz CT molecular complexity index is 373. The maximum Gasteiger partial charge on any atom is 0.224 e. The van der Waals surface area contributed by atoms with Crippen LogP contribution in [0.5, 0.6) is 0 Å². The molecule has 0 aromatic heterocycles. The molecule has 1 aromatic carbocycles. The molecule has 1 amide bonds. The zero-order valence-electron chi connectivity index (χ0n) is 9.11. The van der Waals surface area contributed by atoms with E-state index in [1.165, 1.54) is 0 Å². The number of rotatable bonds is 3. The summed E-state index contributed by atoms with van der Waals surface area (Å²) in [5.41, 5.74) is 7.28. The number of hydrogen-bond acceptors (Lipinski definition) is 3. The van der Waals surface area contributed by atoms with Crippen LogP contribution >= 0.6 is 0 Å². The number of amides is 1. The van der Waals surface area contributed by atoms with Crippen molar-refractivity contribution >= 4 is 11.6 Å². The molecule has 0 spiro atoms. The van der Waals surface area contributed by atoms with Crippen LogP contribution in [0.2, 0.25) is 0 Å². The quantitative estimate of drug-likeness (QED) is 0.738. The van der Waals surface area contributed by atoms with Crippen molar-refractivity contribution in [3.8, 4) is 0 Å². The van der Waals surface area contributed by atoms with E-state index in [0.29, 0.717) is 18.7 Å². The molecule has 2 rings (SSSR count). The topological polar surface area (TPSA) is 64.4 Å². The summed E-state index contributed by atoms with van der Waals surface area (Å²) in [6.45, 7) is 1.37. The van der Waals surface area contributed by atoms with Crippen LogP contribution in [0.15, 0.2) is 24.3 Å². The van der Waals surface area contributed by atoms with Gasteiger partial charge in [0.2, 0.25) is 5.91 Å². The molecule has 4 nitrogen and oxygen atoms in total. The van der Waals surface area contributed by atoms with E-state index in [9.17, 15) is 4.79 Å². The lowest BCUT2D eigenvalue weighted by Crippen LogP contribution is -2.36. The number of nitrogens with two attached hydrogens (primary N) is 1. The number of anilines is 1. The summed E-state index contributed by atoms with van der Waals surface area (Å²) < 4.78 is 5.19. The van der Waals surface area contributed by atoms with Crippen LogP contribution in [0.4, 0.5) is 5.69 Å². The molecule has 1 aliphatic rings. The number of benzene rings is 1. The summed E-state index contributed by atoms with van der Waals surface area (Å²) in [5.74, 6) is 0.0288. The third kappa shape index (κ3) is 2.97. The standard InChI is InChI=1S/C12H16N2O2/c13-10-3-1-2-9(6-10)7-12(15)14-11-4-5-16-8-11/h1-3,6,11H,4-5,7-8,13H2,(H,14,15). The van der Waals surface area contributed by atoms with Gasteiger partial charge in [-0.2, -0.15) is 0 Å². The summed E-state index contributed by atoms with van der Waals surface area (Å²) in [5, 5.41) is 2.94. The molecule has 4 heteroatoms. The highest BCUT2D eigenvalue weighted by atomic mass is 16.5. The van der Waals surface area contributed by atoms with Gasteiger partial charge in [0.25, 0.3) is 0 Å². The molecular formula is C12H16N2O2. The first kappa shape index (κ1) is 11.0. The van der Waals surface area contributed by atoms with Gasteiger partial charge in [0, 0.05) is 12.3 Å². The van der Waals surface area contributed by atoms with Gasteiger partial charge in [-0.1, -0.05) is 12.1 Å². The van der Waals surface area contributed by atoms with Gasteiger partial charge in [-0.25, -0.2) is 0 Å². The first-order chi connectivity index (χ1) is 7.74. The smallest absolute Gasteiger partial charge is 0.224 e. The molecule has 1 aromatic rings. The van der Waals surface area contributed by atoms with Gasteiger partial charge in [0.05, 0.1) is 19.1 Å². The van der Waals surface area contributed by atoms with Crippen molar-refractivity contribution < 1.29 is 9.53 Å². The average Bonchev–Trinajstić information content (AvgIpc) is 2.70. The average molecular weight is 220 g/mol. The fourth-order valence-corrected chi connectivity index (χ4v) is 1.82. The van der Waals surface area contributed by atoms with E-state index < -0.39 is 0 Å². The van der Waals surface area contributed by atoms with E-state index in [1.54, 1.807) is 0 Å². The number of nitrogens with one attached hydrogen (secondary N) is 1. The lowest BCUT2D eigenvalue weighted by molar-refractivity contribution is -0.121. The van der Waals surface area contributed by atoms with Crippen molar-refractivity contribution in [2.45, 2.75) is 18.9 Å². The van der Waals surface area contributed by atoms with E-state index in [2.05, 4.69) is 5.32 Å². The molecule has 3 N–H and O–H groups in total. The van der Waals surface area contributed by atoms with Gasteiger partial charge in [-0.15, -0.1) is 0 Å². The Morgan fingerprint density at radius 3 is 3.12 bits per heavy atom. The van der Waals surface area contributed by atoms with Crippen molar-refractivity contribution in [2.75, 3.05) is 18.9 Å². The largest absolute Gasteiger partial charge is 0.399 e. The molecular weight excluding hydrogens is 204 g/mol. The summed E-state index contributed by atoms with van der Waals surface area (Å²) in [4.78, 5) is 11.7. The minimum absolute atomic E-state index is 0.0288. The first-order valence-corrected chi connectivity index (χ1v) is 5.45. The lowest BCUT2D eigenvalue weighted by atomic mass is 10.1. The van der Waals surface area contributed by atoms with Gasteiger partial charge in [-0.3, -0.25) is 4.79 Å². The Morgan fingerprint density at radius 2 is 2.44 bits per heavy atom. The Balaban J connectivity index is 1.86. The summed E-state index contributed by atoms with van der Waals surface area (Å²) in [6.07, 6.45) is 1.28. The molecule has 1 aliphatic heterocycles. The van der Waals surface area contributed by atoms with E-state index in [0.717, 1.165) is 18.6 Å². The SMILES string of the molecule is Nc1cccc(CC(=O)NC2CCOC2)c1. The molecule has 16 heavy (non-hydrogen) atoms. The molecule has 0 aliphatic carbocycles. The van der Waals surface area contributed by atoms with Crippen LogP contribution in [0, 0.1) is 0 Å². The molecule has 1 heterocycles. The zero-order valence-corrected chi connectivity index (χ0v) is 9.11. The summed E-state index contributed by atoms with van der Waals surface area (Å²) in [6, 6.07) is 7.57. The second-order valence-electron chi connectivity index (χ2n) is 4.05. The molecule has 0 radical (unpaired) electrons. The lowest BCUT2D eigenvalue weighted by Gasteiger charge is -2.10. The predicted octanol–water partition coefficient (Wildman–Crippen LogP) is 0.716. The fraction of sp³-hybridized carbons (Fsp3) is 0.417. The van der Waals surface area contributed by atoms with Gasteiger partial charge in [0.15, 0.2) is 0 Å². The first-order valence-electron chi connectivity index (χ1n) is 5.45. The third-order valence-corrected chi connectivity index (χ3v) is 2.61. The highest BCUT2D eigenvalue weighted by molar-refractivity contribution is 5.79. The second kappa shape index (κ2) is 4.99. The number of nitrogen functional groups attached to an aromatic ring is 1. The number of hydrogen-bond donors (Lipinski definition) is 2. The summed E-state index contributed by atoms with van der Waals surface area (Å²) in [7, 11) is 0.